The highest BCUT2D eigenvalue weighted by molar-refractivity contribution is 5.92. The van der Waals surface area contributed by atoms with Crippen molar-refractivity contribution in [3.63, 3.8) is 0 Å². The molecule has 3 heteroatoms. The summed E-state index contributed by atoms with van der Waals surface area (Å²) in [6.07, 6.45) is 10.9. The monoisotopic (exact) mass is 356 g/mol. The molecule has 0 aromatic rings. The van der Waals surface area contributed by atoms with Crippen molar-refractivity contribution in [2.75, 3.05) is 0 Å². The average molecular weight is 357 g/mol. The van der Waals surface area contributed by atoms with Crippen LogP contribution < -0.4 is 0 Å². The predicted octanol–water partition coefficient (Wildman–Crippen LogP) is 4.70. The van der Waals surface area contributed by atoms with Crippen molar-refractivity contribution in [1.29, 1.82) is 0 Å². The third kappa shape index (κ3) is 2.85. The van der Waals surface area contributed by atoms with Gasteiger partial charge in [0.15, 0.2) is 5.78 Å². The Morgan fingerprint density at radius 3 is 2.62 bits per heavy atom. The minimum atomic E-state index is -0.479. The normalized spacial score (nSPS) is 38.3. The molecule has 4 atom stereocenters. The van der Waals surface area contributed by atoms with Crippen LogP contribution in [0, 0.1) is 16.7 Å². The van der Waals surface area contributed by atoms with Gasteiger partial charge in [0.25, 0.3) is 0 Å². The van der Waals surface area contributed by atoms with Gasteiger partial charge in [-0.15, -0.1) is 0 Å². The summed E-state index contributed by atoms with van der Waals surface area (Å²) < 4.78 is 0. The van der Waals surface area contributed by atoms with E-state index in [1.807, 2.05) is 6.92 Å². The molecule has 0 saturated heterocycles. The van der Waals surface area contributed by atoms with E-state index in [9.17, 15) is 14.7 Å². The molecule has 0 fully saturated rings. The highest BCUT2D eigenvalue weighted by Crippen LogP contribution is 2.61. The lowest BCUT2D eigenvalue weighted by Gasteiger charge is -2.50. The number of carbonyl (C=O) groups is 2. The molecule has 0 amide bonds. The molecule has 0 aromatic carbocycles. The van der Waals surface area contributed by atoms with E-state index in [4.69, 9.17) is 0 Å². The first kappa shape index (κ1) is 19.3. The molecule has 0 spiro atoms. The second-order valence-electron chi connectivity index (χ2n) is 8.82. The van der Waals surface area contributed by atoms with Crippen LogP contribution in [0.4, 0.5) is 0 Å². The van der Waals surface area contributed by atoms with Crippen LogP contribution in [-0.4, -0.2) is 23.3 Å². The van der Waals surface area contributed by atoms with Gasteiger partial charge in [0.1, 0.15) is 6.29 Å². The number of aldehydes is 1. The summed E-state index contributed by atoms with van der Waals surface area (Å²) in [6.45, 7) is 8.84. The lowest BCUT2D eigenvalue weighted by atomic mass is 9.54. The number of hydrogen-bond donors (Lipinski definition) is 1. The van der Waals surface area contributed by atoms with Gasteiger partial charge >= 0.3 is 0 Å². The van der Waals surface area contributed by atoms with Crippen molar-refractivity contribution in [3.05, 3.63) is 34.4 Å². The highest BCUT2D eigenvalue weighted by atomic mass is 16.3. The predicted molar refractivity (Wildman–Crippen MR) is 104 cm³/mol. The minimum absolute atomic E-state index is 0.0884. The summed E-state index contributed by atoms with van der Waals surface area (Å²) in [5.74, 6) is 0.885. The summed E-state index contributed by atoms with van der Waals surface area (Å²) in [6, 6.07) is 0. The van der Waals surface area contributed by atoms with Crippen molar-refractivity contribution in [1.82, 2.24) is 0 Å². The van der Waals surface area contributed by atoms with Gasteiger partial charge < -0.3 is 9.90 Å². The molecule has 4 rings (SSSR count). The summed E-state index contributed by atoms with van der Waals surface area (Å²) in [5, 5.41) is 10.7. The molecular formula is C23H32O3. The Bertz CT molecular complexity index is 711. The smallest absolute Gasteiger partial charge is 0.155 e. The van der Waals surface area contributed by atoms with Crippen LogP contribution in [0.3, 0.4) is 0 Å². The zero-order chi connectivity index (χ0) is 19.1. The summed E-state index contributed by atoms with van der Waals surface area (Å²) in [5.41, 5.74) is 5.65. The maximum atomic E-state index is 11.8. The standard InChI is InChI=1S/C20H26O2.C3H6O/c1-12-4-5-15-14-11-18(22)17-10-13(21)6-8-20(17,3)16(14)7-9-19(12,15)2;1-2-3-4/h5,10,12,18,22H,4,6-9,11H2,1-3H3;3H,2H2,1H3/t12?,18-,19?,20?;/m1./s1. The Labute approximate surface area is 157 Å². The van der Waals surface area contributed by atoms with E-state index < -0.39 is 6.10 Å². The third-order valence-corrected chi connectivity index (χ3v) is 7.38. The lowest BCUT2D eigenvalue weighted by Crippen LogP contribution is -2.42. The topological polar surface area (TPSA) is 54.4 Å². The fourth-order valence-corrected chi connectivity index (χ4v) is 5.46. The van der Waals surface area contributed by atoms with E-state index in [0.29, 0.717) is 30.6 Å². The van der Waals surface area contributed by atoms with E-state index in [1.54, 1.807) is 6.08 Å². The number of carbonyl (C=O) groups excluding carboxylic acids is 2. The zero-order valence-electron chi connectivity index (χ0n) is 16.6. The van der Waals surface area contributed by atoms with Crippen molar-refractivity contribution in [2.24, 2.45) is 16.7 Å². The van der Waals surface area contributed by atoms with Crippen LogP contribution in [0.25, 0.3) is 0 Å². The minimum Gasteiger partial charge on any atom is -0.388 e. The third-order valence-electron chi connectivity index (χ3n) is 7.38. The van der Waals surface area contributed by atoms with Crippen molar-refractivity contribution >= 4 is 12.1 Å². The second-order valence-corrected chi connectivity index (χ2v) is 8.82. The van der Waals surface area contributed by atoms with E-state index >= 15 is 0 Å². The first-order valence-electron chi connectivity index (χ1n) is 10.1. The van der Waals surface area contributed by atoms with E-state index in [-0.39, 0.29) is 11.2 Å². The number of aliphatic hydroxyl groups is 1. The quantitative estimate of drug-likeness (QED) is 0.693. The van der Waals surface area contributed by atoms with E-state index in [2.05, 4.69) is 26.8 Å². The Morgan fingerprint density at radius 1 is 1.27 bits per heavy atom. The lowest BCUT2D eigenvalue weighted by molar-refractivity contribution is -0.115. The van der Waals surface area contributed by atoms with E-state index in [0.717, 1.165) is 31.1 Å². The number of rotatable bonds is 1. The van der Waals surface area contributed by atoms with Crippen LogP contribution in [0.2, 0.25) is 0 Å². The van der Waals surface area contributed by atoms with Gasteiger partial charge in [-0.2, -0.15) is 0 Å². The first-order valence-corrected chi connectivity index (χ1v) is 10.1. The molecule has 1 N–H and O–H groups in total. The van der Waals surface area contributed by atoms with Gasteiger partial charge in [-0.3, -0.25) is 4.79 Å². The van der Waals surface area contributed by atoms with Gasteiger partial charge in [0.05, 0.1) is 6.10 Å². The first-order chi connectivity index (χ1) is 12.3. The van der Waals surface area contributed by atoms with Crippen LogP contribution in [0.15, 0.2) is 34.4 Å². The number of hydrogen-bond acceptors (Lipinski definition) is 3. The van der Waals surface area contributed by atoms with E-state index in [1.165, 1.54) is 23.1 Å². The summed E-state index contributed by atoms with van der Waals surface area (Å²) >= 11 is 0. The molecule has 0 radical (unpaired) electrons. The maximum Gasteiger partial charge on any atom is 0.155 e. The molecule has 3 nitrogen and oxygen atoms in total. The van der Waals surface area contributed by atoms with Crippen molar-refractivity contribution < 1.29 is 14.7 Å². The molecule has 0 aromatic heterocycles. The van der Waals surface area contributed by atoms with Crippen LogP contribution in [0.1, 0.15) is 72.6 Å². The summed E-state index contributed by atoms with van der Waals surface area (Å²) in [7, 11) is 0. The molecule has 4 aliphatic rings. The van der Waals surface area contributed by atoms with Crippen LogP contribution in [-0.2, 0) is 9.59 Å². The number of allylic oxidation sites excluding steroid dienone is 4. The van der Waals surface area contributed by atoms with Crippen LogP contribution >= 0.6 is 0 Å². The Kier molecular flexibility index (Phi) is 5.13. The molecule has 3 unspecified atom stereocenters. The van der Waals surface area contributed by atoms with Crippen molar-refractivity contribution in [3.8, 4) is 0 Å². The van der Waals surface area contributed by atoms with Crippen molar-refractivity contribution in [2.45, 2.75) is 78.7 Å². The molecule has 0 saturated carbocycles. The molecular weight excluding hydrogens is 324 g/mol. The Morgan fingerprint density at radius 2 is 1.96 bits per heavy atom. The molecule has 0 aliphatic heterocycles. The van der Waals surface area contributed by atoms with Gasteiger partial charge in [0.2, 0.25) is 0 Å². The molecule has 26 heavy (non-hydrogen) atoms. The average Bonchev–Trinajstić information content (AvgIpc) is 2.92. The van der Waals surface area contributed by atoms with Crippen LogP contribution in [0.5, 0.6) is 0 Å². The van der Waals surface area contributed by atoms with Gasteiger partial charge in [-0.25, -0.2) is 0 Å². The summed E-state index contributed by atoms with van der Waals surface area (Å²) in [4.78, 5) is 21.0. The number of aliphatic hydroxyl groups excluding tert-OH is 1. The Balaban J connectivity index is 0.000000447. The van der Waals surface area contributed by atoms with Gasteiger partial charge in [-0.1, -0.05) is 39.3 Å². The largest absolute Gasteiger partial charge is 0.388 e. The molecule has 0 bridgehead atoms. The molecule has 4 aliphatic carbocycles. The fraction of sp³-hybridized carbons (Fsp3) is 0.652. The Hall–Kier alpha value is -1.48. The van der Waals surface area contributed by atoms with Gasteiger partial charge in [-0.05, 0) is 59.8 Å². The SMILES string of the molecule is CC1CC=C2C3=C(CCC21C)C1(C)CCC(=O)C=C1[C@H](O)C3.CCC=O. The zero-order valence-corrected chi connectivity index (χ0v) is 16.6. The highest BCUT2D eigenvalue weighted by Gasteiger charge is 2.51. The second kappa shape index (κ2) is 6.92. The number of ketones is 1. The molecule has 0 heterocycles. The molecule has 142 valence electrons. The number of fused-ring (bicyclic) bond motifs is 4. The fourth-order valence-electron chi connectivity index (χ4n) is 5.46. The van der Waals surface area contributed by atoms with Gasteiger partial charge in [0, 0.05) is 24.7 Å². The maximum absolute atomic E-state index is 11.8.